The molecular weight excluding hydrogens is 286 g/mol. The molecule has 3 N–H and O–H groups in total. The van der Waals surface area contributed by atoms with Gasteiger partial charge >= 0.3 is 5.97 Å². The van der Waals surface area contributed by atoms with Crippen molar-refractivity contribution in [2.24, 2.45) is 0 Å². The fourth-order valence-electron chi connectivity index (χ4n) is 1.53. The van der Waals surface area contributed by atoms with Gasteiger partial charge in [-0.1, -0.05) is 6.07 Å². The van der Waals surface area contributed by atoms with Gasteiger partial charge in [0.15, 0.2) is 6.10 Å². The molecule has 0 aliphatic heterocycles. The van der Waals surface area contributed by atoms with E-state index in [0.29, 0.717) is 0 Å². The molecule has 0 aromatic heterocycles. The molecule has 0 saturated heterocycles. The maximum Gasteiger partial charge on any atom is 0.332 e. The van der Waals surface area contributed by atoms with Crippen LogP contribution in [0.4, 0.5) is 0 Å². The predicted molar refractivity (Wildman–Crippen MR) is 71.2 cm³/mol. The van der Waals surface area contributed by atoms with Gasteiger partial charge in [0.1, 0.15) is 10.6 Å². The lowest BCUT2D eigenvalue weighted by Crippen LogP contribution is -2.30. The van der Waals surface area contributed by atoms with Gasteiger partial charge in [0.2, 0.25) is 10.0 Å². The average molecular weight is 303 g/mol. The summed E-state index contributed by atoms with van der Waals surface area (Å²) in [6, 6.07) is 4.71. The van der Waals surface area contributed by atoms with Gasteiger partial charge in [0.25, 0.3) is 0 Å². The zero-order valence-corrected chi connectivity index (χ0v) is 12.0. The van der Waals surface area contributed by atoms with Crippen LogP contribution in [0.25, 0.3) is 0 Å². The van der Waals surface area contributed by atoms with E-state index in [1.54, 1.807) is 13.0 Å². The SMILES string of the molecule is COc1ccc(C)cc1S(=O)(=O)NCCC(O)C(=O)O. The summed E-state index contributed by atoms with van der Waals surface area (Å²) in [4.78, 5) is 10.4. The van der Waals surface area contributed by atoms with Crippen LogP contribution in [0, 0.1) is 6.92 Å². The Morgan fingerprint density at radius 1 is 1.45 bits per heavy atom. The number of methoxy groups -OCH3 is 1. The van der Waals surface area contributed by atoms with E-state index in [1.165, 1.54) is 19.2 Å². The van der Waals surface area contributed by atoms with Crippen LogP contribution in [-0.4, -0.2) is 44.4 Å². The number of carbonyl (C=O) groups is 1. The Hall–Kier alpha value is -1.64. The van der Waals surface area contributed by atoms with Crippen molar-refractivity contribution >= 4 is 16.0 Å². The summed E-state index contributed by atoms with van der Waals surface area (Å²) in [6.07, 6.45) is -1.82. The first-order valence-corrected chi connectivity index (χ1v) is 7.31. The summed E-state index contributed by atoms with van der Waals surface area (Å²) in [5, 5.41) is 17.6. The van der Waals surface area contributed by atoms with E-state index in [1.807, 2.05) is 0 Å². The van der Waals surface area contributed by atoms with Gasteiger partial charge in [-0.05, 0) is 31.0 Å². The Kier molecular flexibility index (Phi) is 5.49. The molecule has 1 aromatic rings. The van der Waals surface area contributed by atoms with Crippen LogP contribution >= 0.6 is 0 Å². The maximum atomic E-state index is 12.1. The number of nitrogens with one attached hydrogen (secondary N) is 1. The minimum atomic E-state index is -3.83. The predicted octanol–water partition coefficient (Wildman–Crippen LogP) is 0.118. The maximum absolute atomic E-state index is 12.1. The molecule has 0 fully saturated rings. The summed E-state index contributed by atoms with van der Waals surface area (Å²) in [5.41, 5.74) is 0.747. The van der Waals surface area contributed by atoms with E-state index in [4.69, 9.17) is 14.9 Å². The number of carboxylic acid groups (broad SMARTS) is 1. The number of sulfonamides is 1. The van der Waals surface area contributed by atoms with Crippen LogP contribution < -0.4 is 9.46 Å². The van der Waals surface area contributed by atoms with Crippen LogP contribution in [0.2, 0.25) is 0 Å². The number of aliphatic hydroxyl groups is 1. The van der Waals surface area contributed by atoms with Crippen LogP contribution in [-0.2, 0) is 14.8 Å². The zero-order valence-electron chi connectivity index (χ0n) is 11.2. The number of hydrogen-bond donors (Lipinski definition) is 3. The smallest absolute Gasteiger partial charge is 0.332 e. The van der Waals surface area contributed by atoms with Gasteiger partial charge in [-0.15, -0.1) is 0 Å². The summed E-state index contributed by atoms with van der Waals surface area (Å²) in [5.74, 6) is -1.20. The van der Waals surface area contributed by atoms with Crippen molar-refractivity contribution in [1.82, 2.24) is 4.72 Å². The highest BCUT2D eigenvalue weighted by Crippen LogP contribution is 2.24. The van der Waals surface area contributed by atoms with Crippen molar-refractivity contribution in [3.63, 3.8) is 0 Å². The van der Waals surface area contributed by atoms with Crippen LogP contribution in [0.3, 0.4) is 0 Å². The number of rotatable bonds is 7. The molecule has 0 saturated carbocycles. The summed E-state index contributed by atoms with van der Waals surface area (Å²) in [6.45, 7) is 1.56. The number of benzene rings is 1. The molecule has 0 aliphatic rings. The Labute approximate surface area is 117 Å². The molecule has 1 rings (SSSR count). The standard InChI is InChI=1S/C12H17NO6S/c1-8-3-4-10(19-2)11(7-8)20(17,18)13-6-5-9(14)12(15)16/h3-4,7,9,13-14H,5-6H2,1-2H3,(H,15,16). The van der Waals surface area contributed by atoms with E-state index < -0.39 is 22.1 Å². The highest BCUT2D eigenvalue weighted by molar-refractivity contribution is 7.89. The molecule has 0 radical (unpaired) electrons. The first-order valence-electron chi connectivity index (χ1n) is 5.83. The summed E-state index contributed by atoms with van der Waals surface area (Å²) < 4.78 is 31.4. The topological polar surface area (TPSA) is 113 Å². The normalized spacial score (nSPS) is 12.9. The number of ether oxygens (including phenoxy) is 1. The van der Waals surface area contributed by atoms with Crippen LogP contribution in [0.1, 0.15) is 12.0 Å². The van der Waals surface area contributed by atoms with E-state index in [0.717, 1.165) is 5.56 Å². The van der Waals surface area contributed by atoms with Crippen molar-refractivity contribution in [3.8, 4) is 5.75 Å². The molecule has 0 bridgehead atoms. The van der Waals surface area contributed by atoms with Gasteiger partial charge in [-0.3, -0.25) is 0 Å². The van der Waals surface area contributed by atoms with E-state index in [2.05, 4.69) is 4.72 Å². The van der Waals surface area contributed by atoms with E-state index in [9.17, 15) is 13.2 Å². The molecule has 0 spiro atoms. The molecule has 112 valence electrons. The van der Waals surface area contributed by atoms with E-state index in [-0.39, 0.29) is 23.6 Å². The number of aryl methyl sites for hydroxylation is 1. The van der Waals surface area contributed by atoms with Gasteiger partial charge in [-0.2, -0.15) is 0 Å². The van der Waals surface area contributed by atoms with Gasteiger partial charge in [0, 0.05) is 6.54 Å². The van der Waals surface area contributed by atoms with Gasteiger partial charge < -0.3 is 14.9 Å². The lowest BCUT2D eigenvalue weighted by Gasteiger charge is -2.12. The molecular formula is C12H17NO6S. The van der Waals surface area contributed by atoms with Crippen molar-refractivity contribution in [2.75, 3.05) is 13.7 Å². The third kappa shape index (κ3) is 4.19. The van der Waals surface area contributed by atoms with Gasteiger partial charge in [-0.25, -0.2) is 17.9 Å². The molecule has 8 heteroatoms. The molecule has 0 amide bonds. The van der Waals surface area contributed by atoms with Crippen molar-refractivity contribution in [1.29, 1.82) is 0 Å². The van der Waals surface area contributed by atoms with E-state index >= 15 is 0 Å². The largest absolute Gasteiger partial charge is 0.495 e. The average Bonchev–Trinajstić information content (AvgIpc) is 2.38. The fourth-order valence-corrected chi connectivity index (χ4v) is 2.82. The highest BCUT2D eigenvalue weighted by atomic mass is 32.2. The van der Waals surface area contributed by atoms with Crippen molar-refractivity contribution < 1.29 is 28.2 Å². The Bertz CT molecular complexity index is 584. The molecule has 1 unspecified atom stereocenters. The van der Waals surface area contributed by atoms with Crippen LogP contribution in [0.15, 0.2) is 23.1 Å². The quantitative estimate of drug-likeness (QED) is 0.659. The third-order valence-corrected chi connectivity index (χ3v) is 4.09. The zero-order chi connectivity index (χ0) is 15.3. The molecule has 1 atom stereocenters. The first-order chi connectivity index (χ1) is 9.27. The Balaban J connectivity index is 2.84. The second-order valence-electron chi connectivity index (χ2n) is 4.19. The summed E-state index contributed by atoms with van der Waals surface area (Å²) >= 11 is 0. The third-order valence-electron chi connectivity index (χ3n) is 2.60. The molecule has 0 aliphatic carbocycles. The van der Waals surface area contributed by atoms with Crippen molar-refractivity contribution in [2.45, 2.75) is 24.3 Å². The van der Waals surface area contributed by atoms with Gasteiger partial charge in [0.05, 0.1) is 7.11 Å². The number of aliphatic carboxylic acids is 1. The number of aliphatic hydroxyl groups excluding tert-OH is 1. The molecule has 7 nitrogen and oxygen atoms in total. The monoisotopic (exact) mass is 303 g/mol. The minimum Gasteiger partial charge on any atom is -0.495 e. The summed E-state index contributed by atoms with van der Waals surface area (Å²) in [7, 11) is -2.47. The lowest BCUT2D eigenvalue weighted by molar-refractivity contribution is -0.146. The second-order valence-corrected chi connectivity index (χ2v) is 5.93. The Morgan fingerprint density at radius 3 is 2.65 bits per heavy atom. The van der Waals surface area contributed by atoms with Crippen molar-refractivity contribution in [3.05, 3.63) is 23.8 Å². The minimum absolute atomic E-state index is 0.0233. The fraction of sp³-hybridized carbons (Fsp3) is 0.417. The highest BCUT2D eigenvalue weighted by Gasteiger charge is 2.20. The first kappa shape index (κ1) is 16.4. The molecule has 1 aromatic carbocycles. The number of carboxylic acids is 1. The van der Waals surface area contributed by atoms with Crippen LogP contribution in [0.5, 0.6) is 5.75 Å². The lowest BCUT2D eigenvalue weighted by atomic mass is 10.2. The molecule has 0 heterocycles. The number of hydrogen-bond acceptors (Lipinski definition) is 5. The Morgan fingerprint density at radius 2 is 2.10 bits per heavy atom. The molecule has 20 heavy (non-hydrogen) atoms. The second kappa shape index (κ2) is 6.69.